The molecule has 4 aromatic rings. The van der Waals surface area contributed by atoms with E-state index in [4.69, 9.17) is 23.7 Å². The number of rotatable bonds is 11. The van der Waals surface area contributed by atoms with Gasteiger partial charge in [0.05, 0.1) is 25.7 Å². The van der Waals surface area contributed by atoms with Crippen molar-refractivity contribution in [1.29, 1.82) is 0 Å². The molecule has 1 fully saturated rings. The number of anilines is 1. The number of hydrogen-bond donors (Lipinski definition) is 0. The zero-order chi connectivity index (χ0) is 31.1. The summed E-state index contributed by atoms with van der Waals surface area (Å²) in [6, 6.07) is 26.6. The first-order chi connectivity index (χ1) is 21.3. The standard InChI is InChI=1S/C34H29NO9/c1-40-28-7-5-6-23(18-28)34(39)44-27-14-10-22(11-15-27)29(36)21-42-33(38)24-19-32(37)35(20-24)25-12-16-26(17-13-25)43-31-9-4-3-8-30(31)41-2/h3-18,24H,19-21H2,1-2H3/t24-/m0/s1. The summed E-state index contributed by atoms with van der Waals surface area (Å²) in [6.07, 6.45) is -0.0279. The molecule has 4 aromatic carbocycles. The lowest BCUT2D eigenvalue weighted by Crippen LogP contribution is -2.27. The summed E-state index contributed by atoms with van der Waals surface area (Å²) in [5.74, 6) is -0.101. The summed E-state index contributed by atoms with van der Waals surface area (Å²) >= 11 is 0. The van der Waals surface area contributed by atoms with Crippen LogP contribution in [0.25, 0.3) is 0 Å². The highest BCUT2D eigenvalue weighted by Crippen LogP contribution is 2.33. The quantitative estimate of drug-likeness (QED) is 0.126. The Morgan fingerprint density at radius 1 is 0.750 bits per heavy atom. The third kappa shape index (κ3) is 7.04. The molecule has 224 valence electrons. The monoisotopic (exact) mass is 595 g/mol. The van der Waals surface area contributed by atoms with Crippen LogP contribution < -0.4 is 23.8 Å². The summed E-state index contributed by atoms with van der Waals surface area (Å²) in [7, 11) is 3.06. The molecule has 0 N–H and O–H groups in total. The summed E-state index contributed by atoms with van der Waals surface area (Å²) in [5, 5.41) is 0. The van der Waals surface area contributed by atoms with E-state index in [-0.39, 0.29) is 30.2 Å². The molecule has 0 aliphatic carbocycles. The van der Waals surface area contributed by atoms with Crippen LogP contribution in [-0.2, 0) is 14.3 Å². The zero-order valence-corrected chi connectivity index (χ0v) is 24.1. The minimum atomic E-state index is -0.710. The van der Waals surface area contributed by atoms with E-state index in [9.17, 15) is 19.2 Å². The Morgan fingerprint density at radius 2 is 1.45 bits per heavy atom. The van der Waals surface area contributed by atoms with Gasteiger partial charge in [0.15, 0.2) is 23.9 Å². The predicted molar refractivity (Wildman–Crippen MR) is 160 cm³/mol. The number of methoxy groups -OCH3 is 2. The van der Waals surface area contributed by atoms with Crippen LogP contribution in [-0.4, -0.2) is 51.0 Å². The maximum atomic E-state index is 12.7. The summed E-state index contributed by atoms with van der Waals surface area (Å²) < 4.78 is 26.9. The second-order valence-corrected chi connectivity index (χ2v) is 9.83. The fraction of sp³-hybridized carbons (Fsp3) is 0.176. The van der Waals surface area contributed by atoms with Crippen molar-refractivity contribution in [3.63, 3.8) is 0 Å². The lowest BCUT2D eigenvalue weighted by molar-refractivity contribution is -0.147. The first-order valence-electron chi connectivity index (χ1n) is 13.7. The molecule has 0 spiro atoms. The molecule has 10 nitrogen and oxygen atoms in total. The lowest BCUT2D eigenvalue weighted by atomic mass is 10.1. The highest BCUT2D eigenvalue weighted by Gasteiger charge is 2.36. The van der Waals surface area contributed by atoms with E-state index < -0.39 is 30.2 Å². The minimum Gasteiger partial charge on any atom is -0.497 e. The van der Waals surface area contributed by atoms with Gasteiger partial charge >= 0.3 is 11.9 Å². The van der Waals surface area contributed by atoms with Crippen LogP contribution >= 0.6 is 0 Å². The van der Waals surface area contributed by atoms with E-state index in [0.29, 0.717) is 34.2 Å². The van der Waals surface area contributed by atoms with E-state index in [1.165, 1.54) is 36.3 Å². The molecule has 10 heteroatoms. The number of carbonyl (C=O) groups excluding carboxylic acids is 4. The average Bonchev–Trinajstić information content (AvgIpc) is 3.45. The van der Waals surface area contributed by atoms with Crippen molar-refractivity contribution in [3.05, 3.63) is 108 Å². The number of carbonyl (C=O) groups is 4. The maximum Gasteiger partial charge on any atom is 0.343 e. The van der Waals surface area contributed by atoms with Crippen molar-refractivity contribution in [2.45, 2.75) is 6.42 Å². The third-order valence-electron chi connectivity index (χ3n) is 6.94. The first-order valence-corrected chi connectivity index (χ1v) is 13.7. The summed E-state index contributed by atoms with van der Waals surface area (Å²) in [6.45, 7) is -0.354. The molecular formula is C34H29NO9. The van der Waals surface area contributed by atoms with Crippen molar-refractivity contribution >= 4 is 29.3 Å². The number of ether oxygens (including phenoxy) is 5. The number of benzene rings is 4. The number of esters is 2. The van der Waals surface area contributed by atoms with Gasteiger partial charge in [0.1, 0.15) is 17.2 Å². The summed E-state index contributed by atoms with van der Waals surface area (Å²) in [4.78, 5) is 52.0. The highest BCUT2D eigenvalue weighted by atomic mass is 16.5. The molecule has 0 unspecified atom stereocenters. The fourth-order valence-electron chi connectivity index (χ4n) is 4.60. The molecule has 1 atom stereocenters. The van der Waals surface area contributed by atoms with Gasteiger partial charge in [0.25, 0.3) is 0 Å². The molecule has 0 aromatic heterocycles. The fourth-order valence-corrected chi connectivity index (χ4v) is 4.60. The normalized spacial score (nSPS) is 14.1. The van der Waals surface area contributed by atoms with E-state index in [0.717, 1.165) is 0 Å². The number of ketones is 1. The molecule has 0 saturated carbocycles. The van der Waals surface area contributed by atoms with Crippen LogP contribution in [0, 0.1) is 5.92 Å². The summed E-state index contributed by atoms with van der Waals surface area (Å²) in [5.41, 5.74) is 1.20. The van der Waals surface area contributed by atoms with Gasteiger partial charge in [0, 0.05) is 24.2 Å². The molecule has 1 aliphatic heterocycles. The van der Waals surface area contributed by atoms with Crippen LogP contribution in [0.3, 0.4) is 0 Å². The van der Waals surface area contributed by atoms with Gasteiger partial charge in [-0.1, -0.05) is 18.2 Å². The van der Waals surface area contributed by atoms with Gasteiger partial charge in [-0.05, 0) is 78.9 Å². The third-order valence-corrected chi connectivity index (χ3v) is 6.94. The molecule has 5 rings (SSSR count). The molecule has 1 saturated heterocycles. The second-order valence-electron chi connectivity index (χ2n) is 9.83. The van der Waals surface area contributed by atoms with Gasteiger partial charge in [-0.2, -0.15) is 0 Å². The van der Waals surface area contributed by atoms with Gasteiger partial charge < -0.3 is 28.6 Å². The molecule has 44 heavy (non-hydrogen) atoms. The average molecular weight is 596 g/mol. The van der Waals surface area contributed by atoms with Crippen LogP contribution in [0.4, 0.5) is 5.69 Å². The smallest absolute Gasteiger partial charge is 0.343 e. The van der Waals surface area contributed by atoms with Crippen molar-refractivity contribution in [1.82, 2.24) is 0 Å². The highest BCUT2D eigenvalue weighted by molar-refractivity contribution is 6.01. The molecule has 0 bridgehead atoms. The van der Waals surface area contributed by atoms with Gasteiger partial charge in [0.2, 0.25) is 5.91 Å². The van der Waals surface area contributed by atoms with Gasteiger partial charge in [-0.15, -0.1) is 0 Å². The van der Waals surface area contributed by atoms with Gasteiger partial charge in [-0.3, -0.25) is 14.4 Å². The Hall–Kier alpha value is -5.64. The number of hydrogen-bond acceptors (Lipinski definition) is 9. The SMILES string of the molecule is COc1cccc(C(=O)Oc2ccc(C(=O)COC(=O)[C@H]3CC(=O)N(c4ccc(Oc5ccccc5OC)cc4)C3)cc2)c1. The van der Waals surface area contributed by atoms with Crippen molar-refractivity contribution in [3.8, 4) is 28.7 Å². The largest absolute Gasteiger partial charge is 0.497 e. The van der Waals surface area contributed by atoms with Crippen LogP contribution in [0.15, 0.2) is 97.1 Å². The number of para-hydroxylation sites is 2. The predicted octanol–water partition coefficient (Wildman–Crippen LogP) is 5.49. The van der Waals surface area contributed by atoms with E-state index in [1.807, 2.05) is 12.1 Å². The minimum absolute atomic E-state index is 0.0279. The topological polar surface area (TPSA) is 118 Å². The van der Waals surface area contributed by atoms with E-state index >= 15 is 0 Å². The number of amides is 1. The number of Topliss-reactive ketones (excluding diaryl/α,β-unsaturated/α-hetero) is 1. The maximum absolute atomic E-state index is 12.7. The number of nitrogens with zero attached hydrogens (tertiary/aromatic N) is 1. The Bertz CT molecular complexity index is 1670. The Kier molecular flexibility index (Phi) is 9.19. The first kappa shape index (κ1) is 29.8. The van der Waals surface area contributed by atoms with Crippen LogP contribution in [0.5, 0.6) is 28.7 Å². The molecule has 0 radical (unpaired) electrons. The van der Waals surface area contributed by atoms with E-state index in [2.05, 4.69) is 0 Å². The Balaban J connectivity index is 1.11. The Labute approximate surface area is 253 Å². The Morgan fingerprint density at radius 3 is 2.16 bits per heavy atom. The molecular weight excluding hydrogens is 566 g/mol. The van der Waals surface area contributed by atoms with E-state index in [1.54, 1.807) is 67.8 Å². The zero-order valence-electron chi connectivity index (χ0n) is 24.1. The molecule has 1 amide bonds. The van der Waals surface area contributed by atoms with Crippen molar-refractivity contribution in [2.75, 3.05) is 32.3 Å². The molecule has 1 aliphatic rings. The van der Waals surface area contributed by atoms with Gasteiger partial charge in [-0.25, -0.2) is 4.79 Å². The lowest BCUT2D eigenvalue weighted by Gasteiger charge is -2.17. The van der Waals surface area contributed by atoms with Crippen LogP contribution in [0.2, 0.25) is 0 Å². The molecule has 1 heterocycles. The van der Waals surface area contributed by atoms with Crippen molar-refractivity contribution in [2.24, 2.45) is 5.92 Å². The van der Waals surface area contributed by atoms with Crippen molar-refractivity contribution < 1.29 is 42.9 Å². The second kappa shape index (κ2) is 13.6. The van der Waals surface area contributed by atoms with Crippen LogP contribution in [0.1, 0.15) is 27.1 Å².